The van der Waals surface area contributed by atoms with Crippen LogP contribution in [0.4, 0.5) is 5.82 Å². The van der Waals surface area contributed by atoms with Gasteiger partial charge in [0.2, 0.25) is 0 Å². The Morgan fingerprint density at radius 2 is 2.00 bits per heavy atom. The van der Waals surface area contributed by atoms with E-state index in [9.17, 15) is 0 Å². The van der Waals surface area contributed by atoms with Crippen molar-refractivity contribution in [1.29, 1.82) is 0 Å². The quantitative estimate of drug-likeness (QED) is 0.847. The van der Waals surface area contributed by atoms with E-state index in [0.717, 1.165) is 11.3 Å². The van der Waals surface area contributed by atoms with Crippen LogP contribution < -0.4 is 15.2 Å². The summed E-state index contributed by atoms with van der Waals surface area (Å²) in [6, 6.07) is 5.45. The molecule has 0 bridgehead atoms. The molecule has 20 heavy (non-hydrogen) atoms. The molecular weight excluding hydrogens is 278 g/mol. The van der Waals surface area contributed by atoms with E-state index in [1.807, 2.05) is 12.1 Å². The molecule has 0 unspecified atom stereocenters. The number of nitrogens with two attached hydrogens (primary N) is 1. The predicted molar refractivity (Wildman–Crippen MR) is 78.2 cm³/mol. The van der Waals surface area contributed by atoms with Crippen LogP contribution in [0.5, 0.6) is 11.5 Å². The Bertz CT molecular complexity index is 652. The lowest BCUT2D eigenvalue weighted by Gasteiger charge is -2.19. The number of rotatable bonds is 1. The van der Waals surface area contributed by atoms with E-state index in [-0.39, 0.29) is 5.41 Å². The molecule has 5 nitrogen and oxygen atoms in total. The molecule has 0 amide bonds. The molecule has 1 aromatic carbocycles. The molecule has 1 aromatic heterocycles. The number of fused-ring (bicyclic) bond motifs is 1. The first-order valence-corrected chi connectivity index (χ1v) is 6.73. The number of hydrogen-bond donors (Lipinski definition) is 2. The number of H-pyrrole nitrogens is 1. The van der Waals surface area contributed by atoms with Crippen molar-refractivity contribution in [3.8, 4) is 22.8 Å². The van der Waals surface area contributed by atoms with E-state index in [1.54, 1.807) is 6.07 Å². The topological polar surface area (TPSA) is 73.2 Å². The van der Waals surface area contributed by atoms with Crippen molar-refractivity contribution in [2.75, 3.05) is 18.9 Å². The lowest BCUT2D eigenvalue weighted by molar-refractivity contribution is 0.140. The highest BCUT2D eigenvalue weighted by molar-refractivity contribution is 6.32. The van der Waals surface area contributed by atoms with Crippen LogP contribution in [0.3, 0.4) is 0 Å². The lowest BCUT2D eigenvalue weighted by atomic mass is 9.97. The minimum absolute atomic E-state index is 0.0546. The van der Waals surface area contributed by atoms with Crippen molar-refractivity contribution < 1.29 is 9.47 Å². The predicted octanol–water partition coefficient (Wildman–Crippen LogP) is 3.11. The van der Waals surface area contributed by atoms with Gasteiger partial charge in [0.25, 0.3) is 0 Å². The van der Waals surface area contributed by atoms with Gasteiger partial charge in [-0.1, -0.05) is 25.4 Å². The summed E-state index contributed by atoms with van der Waals surface area (Å²) in [6.45, 7) is 5.31. The van der Waals surface area contributed by atoms with Gasteiger partial charge >= 0.3 is 0 Å². The second-order valence-corrected chi connectivity index (χ2v) is 6.14. The number of hydrogen-bond acceptors (Lipinski definition) is 4. The third-order valence-electron chi connectivity index (χ3n) is 3.14. The molecule has 0 spiro atoms. The summed E-state index contributed by atoms with van der Waals surface area (Å²) in [6.07, 6.45) is 0. The van der Waals surface area contributed by atoms with E-state index < -0.39 is 0 Å². The van der Waals surface area contributed by atoms with Gasteiger partial charge in [-0.2, -0.15) is 5.10 Å². The Morgan fingerprint density at radius 3 is 2.70 bits per heavy atom. The zero-order valence-electron chi connectivity index (χ0n) is 11.4. The molecule has 6 heteroatoms. The van der Waals surface area contributed by atoms with Crippen LogP contribution in [0.1, 0.15) is 13.8 Å². The summed E-state index contributed by atoms with van der Waals surface area (Å²) in [4.78, 5) is 0. The molecule has 0 aliphatic carbocycles. The maximum absolute atomic E-state index is 6.30. The van der Waals surface area contributed by atoms with E-state index in [4.69, 9.17) is 26.8 Å². The summed E-state index contributed by atoms with van der Waals surface area (Å²) in [5.74, 6) is 1.67. The molecule has 3 N–H and O–H groups in total. The number of nitrogen functional groups attached to an aromatic ring is 1. The van der Waals surface area contributed by atoms with Crippen LogP contribution in [0.25, 0.3) is 11.3 Å². The Morgan fingerprint density at radius 1 is 1.25 bits per heavy atom. The van der Waals surface area contributed by atoms with Gasteiger partial charge < -0.3 is 15.2 Å². The van der Waals surface area contributed by atoms with Crippen molar-refractivity contribution in [3.05, 3.63) is 23.2 Å². The maximum Gasteiger partial charge on any atom is 0.179 e. The highest BCUT2D eigenvalue weighted by Crippen LogP contribution is 2.42. The number of aromatic amines is 1. The molecule has 106 valence electrons. The smallest absolute Gasteiger partial charge is 0.179 e. The highest BCUT2D eigenvalue weighted by Gasteiger charge is 2.27. The number of benzene rings is 1. The molecule has 0 radical (unpaired) electrons. The van der Waals surface area contributed by atoms with Crippen molar-refractivity contribution >= 4 is 17.4 Å². The Balaban J connectivity index is 2.02. The van der Waals surface area contributed by atoms with Crippen LogP contribution >= 0.6 is 11.6 Å². The van der Waals surface area contributed by atoms with Crippen LogP contribution in [-0.2, 0) is 0 Å². The number of ether oxygens (including phenoxy) is 2. The largest absolute Gasteiger partial charge is 0.489 e. The number of aromatic nitrogens is 2. The molecule has 2 aromatic rings. The molecule has 0 fully saturated rings. The third-order valence-corrected chi connectivity index (χ3v) is 3.42. The van der Waals surface area contributed by atoms with Gasteiger partial charge in [-0.15, -0.1) is 0 Å². The first-order chi connectivity index (χ1) is 9.44. The number of nitrogens with one attached hydrogen (secondary N) is 1. The SMILES string of the molecule is CC1(C)COc2cc(-c3cc(N)n[nH]3)cc(Cl)c2OC1. The minimum Gasteiger partial charge on any atom is -0.489 e. The zero-order chi connectivity index (χ0) is 14.3. The van der Waals surface area contributed by atoms with Crippen LogP contribution in [-0.4, -0.2) is 23.4 Å². The van der Waals surface area contributed by atoms with Gasteiger partial charge in [0.05, 0.1) is 23.9 Å². The van der Waals surface area contributed by atoms with Gasteiger partial charge in [0, 0.05) is 17.0 Å². The van der Waals surface area contributed by atoms with Gasteiger partial charge in [0.1, 0.15) is 5.82 Å². The Kier molecular flexibility index (Phi) is 3.01. The van der Waals surface area contributed by atoms with Crippen LogP contribution in [0, 0.1) is 5.41 Å². The van der Waals surface area contributed by atoms with E-state index in [1.165, 1.54) is 0 Å². The average molecular weight is 294 g/mol. The molecule has 1 aliphatic rings. The molecule has 1 aliphatic heterocycles. The second kappa shape index (κ2) is 4.59. The molecule has 0 saturated carbocycles. The fraction of sp³-hybridized carbons (Fsp3) is 0.357. The van der Waals surface area contributed by atoms with Crippen molar-refractivity contribution in [3.63, 3.8) is 0 Å². The van der Waals surface area contributed by atoms with Crippen molar-refractivity contribution in [2.45, 2.75) is 13.8 Å². The first-order valence-electron chi connectivity index (χ1n) is 6.35. The molecule has 2 heterocycles. The fourth-order valence-corrected chi connectivity index (χ4v) is 2.30. The maximum atomic E-state index is 6.30. The number of nitrogens with zero attached hydrogens (tertiary/aromatic N) is 1. The van der Waals surface area contributed by atoms with Crippen molar-refractivity contribution in [2.24, 2.45) is 5.41 Å². The molecular formula is C14H16ClN3O2. The van der Waals surface area contributed by atoms with E-state index in [2.05, 4.69) is 24.0 Å². The van der Waals surface area contributed by atoms with Gasteiger partial charge in [-0.3, -0.25) is 5.10 Å². The van der Waals surface area contributed by atoms with Crippen molar-refractivity contribution in [1.82, 2.24) is 10.2 Å². The normalized spacial score (nSPS) is 16.8. The van der Waals surface area contributed by atoms with Gasteiger partial charge in [0.15, 0.2) is 11.5 Å². The zero-order valence-corrected chi connectivity index (χ0v) is 12.1. The van der Waals surface area contributed by atoms with Gasteiger partial charge in [-0.25, -0.2) is 0 Å². The van der Waals surface area contributed by atoms with Crippen LogP contribution in [0.15, 0.2) is 18.2 Å². The summed E-state index contributed by atoms with van der Waals surface area (Å²) < 4.78 is 11.6. The lowest BCUT2D eigenvalue weighted by Crippen LogP contribution is -2.26. The molecule has 0 saturated heterocycles. The Labute approximate surface area is 122 Å². The fourth-order valence-electron chi connectivity index (χ4n) is 2.04. The Hall–Kier alpha value is -1.88. The summed E-state index contributed by atoms with van der Waals surface area (Å²) >= 11 is 6.30. The first kappa shape index (κ1) is 13.1. The summed E-state index contributed by atoms with van der Waals surface area (Å²) in [5, 5.41) is 7.29. The molecule has 3 rings (SSSR count). The molecule has 0 atom stereocenters. The highest BCUT2D eigenvalue weighted by atomic mass is 35.5. The van der Waals surface area contributed by atoms with E-state index in [0.29, 0.717) is 35.6 Å². The monoisotopic (exact) mass is 293 g/mol. The third kappa shape index (κ3) is 2.41. The van der Waals surface area contributed by atoms with E-state index >= 15 is 0 Å². The second-order valence-electron chi connectivity index (χ2n) is 5.73. The number of halogens is 1. The standard InChI is InChI=1S/C14H16ClN3O2/c1-14(2)6-19-11-4-8(10-5-12(16)18-17-10)3-9(15)13(11)20-7-14/h3-5H,6-7H2,1-2H3,(H3,16,17,18). The average Bonchev–Trinajstić information content (AvgIpc) is 2.74. The van der Waals surface area contributed by atoms with Gasteiger partial charge in [-0.05, 0) is 12.1 Å². The number of anilines is 1. The van der Waals surface area contributed by atoms with Crippen LogP contribution in [0.2, 0.25) is 5.02 Å². The summed E-state index contributed by atoms with van der Waals surface area (Å²) in [5.41, 5.74) is 7.22. The summed E-state index contributed by atoms with van der Waals surface area (Å²) in [7, 11) is 0. The minimum atomic E-state index is -0.0546.